The molecule has 178 valence electrons. The van der Waals surface area contributed by atoms with Crippen molar-refractivity contribution in [3.8, 4) is 5.75 Å². The van der Waals surface area contributed by atoms with E-state index in [2.05, 4.69) is 15.3 Å². The number of nitrogens with one attached hydrogen (secondary N) is 1. The molecule has 0 aliphatic rings. The van der Waals surface area contributed by atoms with E-state index in [0.717, 1.165) is 15.6 Å². The molecule has 2 heterocycles. The van der Waals surface area contributed by atoms with Gasteiger partial charge in [-0.2, -0.15) is 8.42 Å². The second-order valence-electron chi connectivity index (χ2n) is 7.31. The zero-order chi connectivity index (χ0) is 24.1. The van der Waals surface area contributed by atoms with Crippen molar-refractivity contribution in [2.75, 3.05) is 25.6 Å². The lowest BCUT2D eigenvalue weighted by atomic mass is 10.2. The van der Waals surface area contributed by atoms with E-state index < -0.39 is 22.8 Å². The van der Waals surface area contributed by atoms with E-state index >= 15 is 0 Å². The summed E-state index contributed by atoms with van der Waals surface area (Å²) in [5, 5.41) is 13.4. The normalized spacial score (nSPS) is 12.9. The van der Waals surface area contributed by atoms with E-state index in [1.54, 1.807) is 42.6 Å². The van der Waals surface area contributed by atoms with Crippen molar-refractivity contribution in [3.63, 3.8) is 0 Å². The third-order valence-electron chi connectivity index (χ3n) is 4.73. The lowest BCUT2D eigenvalue weighted by molar-refractivity contribution is 0.0741. The second kappa shape index (κ2) is 10.3. The van der Waals surface area contributed by atoms with Gasteiger partial charge in [0.15, 0.2) is 10.7 Å². The Morgan fingerprint density at radius 3 is 2.71 bits per heavy atom. The number of anilines is 1. The van der Waals surface area contributed by atoms with Gasteiger partial charge in [-0.05, 0) is 37.3 Å². The topological polar surface area (TPSA) is 124 Å². The van der Waals surface area contributed by atoms with Gasteiger partial charge in [-0.15, -0.1) is 0 Å². The fourth-order valence-corrected chi connectivity index (χ4v) is 4.56. The van der Waals surface area contributed by atoms with Crippen LogP contribution in [0.3, 0.4) is 0 Å². The van der Waals surface area contributed by atoms with Crippen LogP contribution in [0.4, 0.5) is 5.13 Å². The Balaban J connectivity index is 1.41. The van der Waals surface area contributed by atoms with Gasteiger partial charge in [0.05, 0.1) is 11.5 Å². The molecule has 0 aliphatic heterocycles. The summed E-state index contributed by atoms with van der Waals surface area (Å²) in [5.74, 6) is 0.800. The van der Waals surface area contributed by atoms with Crippen molar-refractivity contribution in [2.24, 2.45) is 0 Å². The minimum Gasteiger partial charge on any atom is -0.485 e. The first-order valence-electron chi connectivity index (χ1n) is 10.3. The Morgan fingerprint density at radius 2 is 2.00 bits per heavy atom. The number of hydrogen-bond acceptors (Lipinski definition) is 10. The maximum absolute atomic E-state index is 12.4. The highest BCUT2D eigenvalue weighted by molar-refractivity contribution is 7.86. The van der Waals surface area contributed by atoms with Crippen LogP contribution >= 0.6 is 11.3 Å². The van der Waals surface area contributed by atoms with Crippen LogP contribution in [0, 0.1) is 6.92 Å². The number of aromatic nitrogens is 2. The van der Waals surface area contributed by atoms with Gasteiger partial charge < -0.3 is 19.6 Å². The zero-order valence-corrected chi connectivity index (χ0v) is 20.1. The summed E-state index contributed by atoms with van der Waals surface area (Å²) >= 11 is 1.50. The second-order valence-corrected chi connectivity index (χ2v) is 9.98. The SMILES string of the molecule is CNc1ncc(/C=C/c2nc3ccc(OC(CO)COS(=O)(=O)c4ccc(C)cc4)cc3o2)s1. The molecule has 0 aliphatic carbocycles. The van der Waals surface area contributed by atoms with Crippen LogP contribution in [0.25, 0.3) is 23.3 Å². The molecule has 0 fully saturated rings. The van der Waals surface area contributed by atoms with Crippen molar-refractivity contribution < 1.29 is 26.9 Å². The van der Waals surface area contributed by atoms with Crippen LogP contribution < -0.4 is 10.1 Å². The number of aryl methyl sites for hydroxylation is 1. The summed E-state index contributed by atoms with van der Waals surface area (Å²) in [4.78, 5) is 9.60. The van der Waals surface area contributed by atoms with E-state index in [-0.39, 0.29) is 11.5 Å². The van der Waals surface area contributed by atoms with E-state index in [1.165, 1.54) is 23.5 Å². The fourth-order valence-electron chi connectivity index (χ4n) is 2.95. The molecular weight excluding hydrogens is 478 g/mol. The summed E-state index contributed by atoms with van der Waals surface area (Å²) in [5.41, 5.74) is 2.05. The van der Waals surface area contributed by atoms with E-state index in [1.807, 2.05) is 20.0 Å². The number of fused-ring (bicyclic) bond motifs is 1. The number of thiazole rings is 1. The number of ether oxygens (including phenoxy) is 1. The summed E-state index contributed by atoms with van der Waals surface area (Å²) < 4.78 is 41.3. The maximum atomic E-state index is 12.4. The number of hydrogen-bond donors (Lipinski definition) is 2. The van der Waals surface area contributed by atoms with E-state index in [9.17, 15) is 13.5 Å². The molecule has 0 saturated carbocycles. The molecule has 1 unspecified atom stereocenters. The lowest BCUT2D eigenvalue weighted by Crippen LogP contribution is -2.28. The number of benzene rings is 2. The summed E-state index contributed by atoms with van der Waals surface area (Å²) in [6, 6.07) is 11.3. The Hall–Kier alpha value is -3.25. The molecule has 11 heteroatoms. The fraction of sp³-hybridized carbons (Fsp3) is 0.217. The van der Waals surface area contributed by atoms with Gasteiger partial charge in [0.25, 0.3) is 10.1 Å². The number of rotatable bonds is 10. The summed E-state index contributed by atoms with van der Waals surface area (Å²) in [7, 11) is -2.16. The molecule has 0 radical (unpaired) electrons. The predicted molar refractivity (Wildman–Crippen MR) is 130 cm³/mol. The van der Waals surface area contributed by atoms with E-state index in [4.69, 9.17) is 13.3 Å². The van der Waals surface area contributed by atoms with Crippen molar-refractivity contribution in [3.05, 3.63) is 65.0 Å². The van der Waals surface area contributed by atoms with Crippen LogP contribution in [0.15, 0.2) is 58.0 Å². The molecule has 2 aromatic carbocycles. The molecule has 1 atom stereocenters. The molecule has 2 aromatic heterocycles. The molecule has 0 spiro atoms. The van der Waals surface area contributed by atoms with Gasteiger partial charge in [-0.3, -0.25) is 4.18 Å². The van der Waals surface area contributed by atoms with Crippen LogP contribution in [0.1, 0.15) is 16.3 Å². The molecular formula is C23H23N3O6S2. The smallest absolute Gasteiger partial charge is 0.297 e. The average molecular weight is 502 g/mol. The first kappa shape index (κ1) is 23.9. The Labute approximate surface area is 200 Å². The van der Waals surface area contributed by atoms with Crippen LogP contribution in [-0.2, 0) is 14.3 Å². The standard InChI is InChI=1S/C23H23N3O6S2/c1-15-3-7-19(8-4-15)34(28,29)30-14-17(13-27)31-16-5-9-20-21(11-16)32-22(26-20)10-6-18-12-25-23(24-2)33-18/h3-12,17,27H,13-14H2,1-2H3,(H,24,25)/b10-6+. The van der Waals surface area contributed by atoms with Crippen LogP contribution in [0.5, 0.6) is 5.75 Å². The highest BCUT2D eigenvalue weighted by atomic mass is 32.2. The number of aliphatic hydroxyl groups excluding tert-OH is 1. The van der Waals surface area contributed by atoms with Gasteiger partial charge in [-0.1, -0.05) is 29.0 Å². The molecule has 34 heavy (non-hydrogen) atoms. The van der Waals surface area contributed by atoms with Crippen LogP contribution in [-0.4, -0.2) is 49.9 Å². The highest BCUT2D eigenvalue weighted by Crippen LogP contribution is 2.25. The van der Waals surface area contributed by atoms with Crippen molar-refractivity contribution in [1.82, 2.24) is 9.97 Å². The molecule has 0 bridgehead atoms. The van der Waals surface area contributed by atoms with Gasteiger partial charge in [0, 0.05) is 30.3 Å². The quantitative estimate of drug-likeness (QED) is 0.311. The van der Waals surface area contributed by atoms with Crippen molar-refractivity contribution in [1.29, 1.82) is 0 Å². The number of nitrogens with zero attached hydrogens (tertiary/aromatic N) is 2. The molecule has 4 rings (SSSR count). The highest BCUT2D eigenvalue weighted by Gasteiger charge is 2.19. The first-order valence-corrected chi connectivity index (χ1v) is 12.5. The monoisotopic (exact) mass is 501 g/mol. The Morgan fingerprint density at radius 1 is 1.21 bits per heavy atom. The Kier molecular flexibility index (Phi) is 7.27. The van der Waals surface area contributed by atoms with Gasteiger partial charge >= 0.3 is 0 Å². The van der Waals surface area contributed by atoms with Gasteiger partial charge in [0.2, 0.25) is 5.89 Å². The van der Waals surface area contributed by atoms with Crippen molar-refractivity contribution >= 4 is 49.8 Å². The molecule has 4 aromatic rings. The third kappa shape index (κ3) is 5.81. The summed E-state index contributed by atoms with van der Waals surface area (Å²) in [6.07, 6.45) is 4.45. The van der Waals surface area contributed by atoms with Gasteiger partial charge in [0.1, 0.15) is 24.0 Å². The first-order chi connectivity index (χ1) is 16.4. The molecule has 0 saturated heterocycles. The molecule has 0 amide bonds. The third-order valence-corrected chi connectivity index (χ3v) is 7.01. The van der Waals surface area contributed by atoms with Crippen molar-refractivity contribution in [2.45, 2.75) is 17.9 Å². The lowest BCUT2D eigenvalue weighted by Gasteiger charge is -2.17. The molecule has 2 N–H and O–H groups in total. The van der Waals surface area contributed by atoms with Crippen LogP contribution in [0.2, 0.25) is 0 Å². The maximum Gasteiger partial charge on any atom is 0.297 e. The zero-order valence-electron chi connectivity index (χ0n) is 18.5. The summed E-state index contributed by atoms with van der Waals surface area (Å²) in [6.45, 7) is 1.08. The average Bonchev–Trinajstić information content (AvgIpc) is 3.46. The number of oxazole rings is 1. The van der Waals surface area contributed by atoms with Gasteiger partial charge in [-0.25, -0.2) is 9.97 Å². The van der Waals surface area contributed by atoms with E-state index in [0.29, 0.717) is 22.7 Å². The minimum atomic E-state index is -3.97. The minimum absolute atomic E-state index is 0.0407. The Bertz CT molecular complexity index is 1390. The predicted octanol–water partition coefficient (Wildman–Crippen LogP) is 3.95. The number of aliphatic hydroxyl groups is 1. The molecule has 9 nitrogen and oxygen atoms in total. The largest absolute Gasteiger partial charge is 0.485 e.